The lowest BCUT2D eigenvalue weighted by Crippen LogP contribution is -2.09. The highest BCUT2D eigenvalue weighted by Gasteiger charge is 2.25. The second kappa shape index (κ2) is 9.76. The lowest BCUT2D eigenvalue weighted by atomic mass is 10.0. The first-order valence-electron chi connectivity index (χ1n) is 7.70. The van der Waals surface area contributed by atoms with Crippen molar-refractivity contribution in [2.24, 2.45) is 0 Å². The first-order valence-corrected chi connectivity index (χ1v) is 10.1. The van der Waals surface area contributed by atoms with Crippen LogP contribution in [0.3, 0.4) is 0 Å². The van der Waals surface area contributed by atoms with Crippen LogP contribution >= 0.6 is 23.2 Å². The molecule has 1 aromatic carbocycles. The van der Waals surface area contributed by atoms with Crippen LogP contribution in [0.1, 0.15) is 56.9 Å². The molecule has 1 aromatic rings. The number of hydrogen-bond acceptors (Lipinski definition) is 2. The van der Waals surface area contributed by atoms with Crippen molar-refractivity contribution in [1.82, 2.24) is 0 Å². The molecular formula is C16H24Cl2O3S. The fourth-order valence-corrected chi connectivity index (χ4v) is 3.43. The van der Waals surface area contributed by atoms with Gasteiger partial charge in [0.2, 0.25) is 0 Å². The number of unbranched alkanes of at least 4 members (excludes halogenated alkanes) is 6. The third-order valence-electron chi connectivity index (χ3n) is 3.59. The van der Waals surface area contributed by atoms with E-state index >= 15 is 0 Å². The highest BCUT2D eigenvalue weighted by Crippen LogP contribution is 2.38. The van der Waals surface area contributed by atoms with Crippen molar-refractivity contribution in [2.45, 2.75) is 55.7 Å². The number of alkyl halides is 2. The van der Waals surface area contributed by atoms with Crippen LogP contribution < -0.4 is 0 Å². The number of rotatable bonds is 11. The van der Waals surface area contributed by atoms with Crippen molar-refractivity contribution < 1.29 is 13.0 Å². The highest BCUT2D eigenvalue weighted by atomic mass is 35.5. The molecule has 0 aliphatic rings. The molecule has 1 N–H and O–H groups in total. The number of hydrogen-bond donors (Lipinski definition) is 1. The van der Waals surface area contributed by atoms with Gasteiger partial charge in [-0.05, 0) is 18.4 Å². The number of halogens is 2. The van der Waals surface area contributed by atoms with Crippen LogP contribution in [-0.2, 0) is 14.5 Å². The van der Waals surface area contributed by atoms with E-state index in [0.29, 0.717) is 6.42 Å². The van der Waals surface area contributed by atoms with Crippen LogP contribution in [0.5, 0.6) is 0 Å². The van der Waals surface area contributed by atoms with E-state index in [-0.39, 0.29) is 5.75 Å². The van der Waals surface area contributed by atoms with Gasteiger partial charge >= 0.3 is 0 Å². The van der Waals surface area contributed by atoms with Crippen LogP contribution in [0.25, 0.3) is 0 Å². The first-order chi connectivity index (χ1) is 10.3. The molecule has 0 heterocycles. The van der Waals surface area contributed by atoms with Crippen molar-refractivity contribution in [3.05, 3.63) is 35.9 Å². The molecule has 0 aliphatic carbocycles. The topological polar surface area (TPSA) is 54.4 Å². The maximum atomic E-state index is 10.5. The fraction of sp³-hybridized carbons (Fsp3) is 0.625. The van der Waals surface area contributed by atoms with Gasteiger partial charge in [0.1, 0.15) is 4.33 Å². The minimum Gasteiger partial charge on any atom is -0.286 e. The van der Waals surface area contributed by atoms with Gasteiger partial charge in [0.15, 0.2) is 0 Å². The molecule has 0 aliphatic heterocycles. The summed E-state index contributed by atoms with van der Waals surface area (Å²) < 4.78 is 28.9. The largest absolute Gasteiger partial charge is 0.286 e. The summed E-state index contributed by atoms with van der Waals surface area (Å²) in [6.07, 6.45) is 7.25. The smallest absolute Gasteiger partial charge is 0.264 e. The Bertz CT molecular complexity index is 515. The van der Waals surface area contributed by atoms with Gasteiger partial charge in [-0.2, -0.15) is 8.42 Å². The highest BCUT2D eigenvalue weighted by molar-refractivity contribution is 7.85. The summed E-state index contributed by atoms with van der Waals surface area (Å²) in [5.74, 6) is -0.134. The summed E-state index contributed by atoms with van der Waals surface area (Å²) in [7, 11) is -3.80. The summed E-state index contributed by atoms with van der Waals surface area (Å²) in [6, 6.07) is 9.68. The first kappa shape index (κ1) is 19.8. The normalized spacial score (nSPS) is 12.5. The molecule has 0 radical (unpaired) electrons. The van der Waals surface area contributed by atoms with Gasteiger partial charge < -0.3 is 0 Å². The van der Waals surface area contributed by atoms with Crippen molar-refractivity contribution in [3.63, 3.8) is 0 Å². The van der Waals surface area contributed by atoms with E-state index < -0.39 is 14.5 Å². The molecule has 0 bridgehead atoms. The third-order valence-corrected chi connectivity index (χ3v) is 5.21. The van der Waals surface area contributed by atoms with Crippen LogP contribution in [0.4, 0.5) is 0 Å². The molecule has 0 spiro atoms. The van der Waals surface area contributed by atoms with Gasteiger partial charge in [-0.25, -0.2) is 0 Å². The van der Waals surface area contributed by atoms with E-state index in [9.17, 15) is 8.42 Å². The SMILES string of the molecule is O=S(=O)(O)CCCCCCCCCC(Cl)(Cl)c1ccccc1. The summed E-state index contributed by atoms with van der Waals surface area (Å²) in [6.45, 7) is 0. The molecule has 0 saturated heterocycles. The fourth-order valence-electron chi connectivity index (χ4n) is 2.34. The van der Waals surface area contributed by atoms with Crippen LogP contribution in [-0.4, -0.2) is 18.7 Å². The van der Waals surface area contributed by atoms with Gasteiger partial charge in [0.25, 0.3) is 10.1 Å². The third kappa shape index (κ3) is 8.99. The zero-order valence-electron chi connectivity index (χ0n) is 12.7. The second-order valence-corrected chi connectivity index (χ2v) is 8.64. The molecule has 0 saturated carbocycles. The van der Waals surface area contributed by atoms with E-state index in [4.69, 9.17) is 27.8 Å². The summed E-state index contributed by atoms with van der Waals surface area (Å²) in [5, 5.41) is 0. The maximum absolute atomic E-state index is 10.5. The van der Waals surface area contributed by atoms with Gasteiger partial charge in [-0.15, -0.1) is 0 Å². The van der Waals surface area contributed by atoms with Crippen LogP contribution in [0, 0.1) is 0 Å². The molecule has 0 unspecified atom stereocenters. The van der Waals surface area contributed by atoms with Crippen molar-refractivity contribution >= 4 is 33.3 Å². The summed E-state index contributed by atoms with van der Waals surface area (Å²) >= 11 is 12.7. The Kier molecular flexibility index (Phi) is 8.77. The monoisotopic (exact) mass is 366 g/mol. The Morgan fingerprint density at radius 3 is 1.91 bits per heavy atom. The van der Waals surface area contributed by atoms with E-state index in [2.05, 4.69) is 0 Å². The molecule has 6 heteroatoms. The van der Waals surface area contributed by atoms with E-state index in [1.165, 1.54) is 0 Å². The summed E-state index contributed by atoms with van der Waals surface area (Å²) in [4.78, 5) is 0. The van der Waals surface area contributed by atoms with Crippen LogP contribution in [0.15, 0.2) is 30.3 Å². The predicted molar refractivity (Wildman–Crippen MR) is 93.2 cm³/mol. The Labute approximate surface area is 143 Å². The molecule has 22 heavy (non-hydrogen) atoms. The van der Waals surface area contributed by atoms with E-state index in [1.54, 1.807) is 0 Å². The lowest BCUT2D eigenvalue weighted by molar-refractivity contribution is 0.478. The van der Waals surface area contributed by atoms with Crippen molar-refractivity contribution in [2.75, 3.05) is 5.75 Å². The zero-order chi connectivity index (χ0) is 16.5. The zero-order valence-corrected chi connectivity index (χ0v) is 15.0. The van der Waals surface area contributed by atoms with E-state index in [1.807, 2.05) is 30.3 Å². The quantitative estimate of drug-likeness (QED) is 0.327. The Balaban J connectivity index is 2.06. The Morgan fingerprint density at radius 1 is 0.864 bits per heavy atom. The Morgan fingerprint density at radius 2 is 1.36 bits per heavy atom. The van der Waals surface area contributed by atoms with Gasteiger partial charge in [0, 0.05) is 0 Å². The van der Waals surface area contributed by atoms with Crippen molar-refractivity contribution in [1.29, 1.82) is 0 Å². The average Bonchev–Trinajstić information content (AvgIpc) is 2.45. The minimum absolute atomic E-state index is 0.134. The minimum atomic E-state index is -3.80. The molecule has 0 atom stereocenters. The molecule has 0 aromatic heterocycles. The molecule has 3 nitrogen and oxygen atoms in total. The molecule has 0 amide bonds. The average molecular weight is 367 g/mol. The summed E-state index contributed by atoms with van der Waals surface area (Å²) in [5.41, 5.74) is 0.934. The van der Waals surface area contributed by atoms with Crippen LogP contribution in [0.2, 0.25) is 0 Å². The maximum Gasteiger partial charge on any atom is 0.264 e. The molecular weight excluding hydrogens is 343 g/mol. The standard InChI is InChI=1S/C16H24Cl2O3S/c17-16(18,15-11-7-6-8-12-15)13-9-4-2-1-3-5-10-14-22(19,20)21/h6-8,11-12H,1-5,9-10,13-14H2,(H,19,20,21). The van der Waals surface area contributed by atoms with E-state index in [0.717, 1.165) is 50.5 Å². The Hall–Kier alpha value is -0.290. The predicted octanol–water partition coefficient (Wildman–Crippen LogP) is 5.33. The van der Waals surface area contributed by atoms with Gasteiger partial charge in [0.05, 0.1) is 5.75 Å². The molecule has 126 valence electrons. The lowest BCUT2D eigenvalue weighted by Gasteiger charge is -2.19. The molecule has 0 fully saturated rings. The van der Waals surface area contributed by atoms with Gasteiger partial charge in [-0.1, -0.05) is 92.1 Å². The number of benzene rings is 1. The van der Waals surface area contributed by atoms with Gasteiger partial charge in [-0.3, -0.25) is 4.55 Å². The van der Waals surface area contributed by atoms with Crippen molar-refractivity contribution in [3.8, 4) is 0 Å². The molecule has 1 rings (SSSR count). The second-order valence-electron chi connectivity index (χ2n) is 5.58.